The Morgan fingerprint density at radius 1 is 1.16 bits per heavy atom. The summed E-state index contributed by atoms with van der Waals surface area (Å²) < 4.78 is 13.7. The molecule has 0 radical (unpaired) electrons. The van der Waals surface area contributed by atoms with Crippen LogP contribution >= 0.6 is 0 Å². The SMILES string of the molecule is CCN(CC)CCNC(=O)c1c(C)[nH]c(/C=C2\C(=O)Nc3ccc(F)cc32)c1C.C[C@@H](CC(=O)O)C(=O)O. The van der Waals surface area contributed by atoms with Crippen molar-refractivity contribution in [2.75, 3.05) is 31.5 Å². The molecular formula is C27H35FN4O6. The molecule has 0 unspecified atom stereocenters. The van der Waals surface area contributed by atoms with Crippen LogP contribution in [-0.2, 0) is 14.4 Å². The lowest BCUT2D eigenvalue weighted by atomic mass is 10.0. The van der Waals surface area contributed by atoms with Gasteiger partial charge in [0.15, 0.2) is 0 Å². The Labute approximate surface area is 220 Å². The summed E-state index contributed by atoms with van der Waals surface area (Å²) in [6.45, 7) is 12.5. The molecule has 0 saturated heterocycles. The molecule has 10 nitrogen and oxygen atoms in total. The first kappa shape index (κ1) is 30.2. The third kappa shape index (κ3) is 7.75. The van der Waals surface area contributed by atoms with Gasteiger partial charge in [-0.3, -0.25) is 19.2 Å². The standard InChI is InChI=1S/C22H27FN4O2.C5H8O4/c1-5-27(6-2)10-9-24-22(29)20-13(3)19(25-14(20)4)12-17-16-11-15(23)7-8-18(16)26-21(17)28;1-3(5(8)9)2-4(6)7/h7-8,11-12,25H,5-6,9-10H2,1-4H3,(H,24,29)(H,26,28);3H,2H2,1H3,(H,6,7)(H,8,9)/b17-12-;/t;3-/m.0/s1. The second-order valence-electron chi connectivity index (χ2n) is 8.99. The van der Waals surface area contributed by atoms with E-state index >= 15 is 0 Å². The van der Waals surface area contributed by atoms with Crippen molar-refractivity contribution in [3.05, 3.63) is 52.1 Å². The number of nitrogens with zero attached hydrogens (tertiary/aromatic N) is 1. The number of fused-ring (bicyclic) bond motifs is 1. The molecule has 0 saturated carbocycles. The number of carboxylic acid groups (broad SMARTS) is 2. The number of hydrogen-bond acceptors (Lipinski definition) is 5. The zero-order valence-corrected chi connectivity index (χ0v) is 22.3. The van der Waals surface area contributed by atoms with E-state index in [0.717, 1.165) is 30.9 Å². The Morgan fingerprint density at radius 2 is 1.82 bits per heavy atom. The number of carbonyl (C=O) groups excluding carboxylic acids is 2. The zero-order chi connectivity index (χ0) is 28.6. The van der Waals surface area contributed by atoms with Crippen molar-refractivity contribution in [2.24, 2.45) is 5.92 Å². The smallest absolute Gasteiger partial charge is 0.306 e. The lowest BCUT2D eigenvalue weighted by molar-refractivity contribution is -0.147. The Hall–Kier alpha value is -3.99. The number of amides is 2. The molecule has 1 aromatic carbocycles. The number of aryl methyl sites for hydroxylation is 1. The van der Waals surface area contributed by atoms with Crippen molar-refractivity contribution in [1.82, 2.24) is 15.2 Å². The van der Waals surface area contributed by atoms with Crippen LogP contribution in [0, 0.1) is 25.6 Å². The number of likely N-dealkylation sites (N-methyl/N-ethyl adjacent to an activating group) is 1. The van der Waals surface area contributed by atoms with E-state index in [-0.39, 0.29) is 18.2 Å². The van der Waals surface area contributed by atoms with Gasteiger partial charge in [0.25, 0.3) is 11.8 Å². The van der Waals surface area contributed by atoms with E-state index in [9.17, 15) is 23.6 Å². The van der Waals surface area contributed by atoms with Crippen LogP contribution in [0.1, 0.15) is 60.1 Å². The van der Waals surface area contributed by atoms with E-state index in [4.69, 9.17) is 10.2 Å². The molecule has 206 valence electrons. The second-order valence-corrected chi connectivity index (χ2v) is 8.99. The van der Waals surface area contributed by atoms with Crippen molar-refractivity contribution < 1.29 is 33.8 Å². The average molecular weight is 531 g/mol. The molecule has 1 aromatic heterocycles. The van der Waals surface area contributed by atoms with Crippen LogP contribution in [0.2, 0.25) is 0 Å². The number of anilines is 1. The lowest BCUT2D eigenvalue weighted by Crippen LogP contribution is -2.35. The first-order valence-electron chi connectivity index (χ1n) is 12.4. The molecule has 0 spiro atoms. The van der Waals surface area contributed by atoms with Gasteiger partial charge in [-0.15, -0.1) is 0 Å². The van der Waals surface area contributed by atoms with E-state index < -0.39 is 23.7 Å². The van der Waals surface area contributed by atoms with E-state index in [2.05, 4.69) is 34.4 Å². The van der Waals surface area contributed by atoms with Crippen molar-refractivity contribution in [2.45, 2.75) is 41.0 Å². The molecule has 11 heteroatoms. The molecule has 0 bridgehead atoms. The normalized spacial score (nSPS) is 14.0. The third-order valence-electron chi connectivity index (χ3n) is 6.27. The molecule has 0 aliphatic carbocycles. The van der Waals surface area contributed by atoms with Gasteiger partial charge in [0.05, 0.1) is 23.5 Å². The maximum absolute atomic E-state index is 13.7. The van der Waals surface area contributed by atoms with Crippen LogP contribution in [0.3, 0.4) is 0 Å². The highest BCUT2D eigenvalue weighted by molar-refractivity contribution is 6.34. The third-order valence-corrected chi connectivity index (χ3v) is 6.27. The Balaban J connectivity index is 0.000000484. The monoisotopic (exact) mass is 530 g/mol. The largest absolute Gasteiger partial charge is 0.481 e. The number of aliphatic carboxylic acids is 2. The van der Waals surface area contributed by atoms with Crippen LogP contribution in [0.15, 0.2) is 18.2 Å². The molecule has 3 rings (SSSR count). The predicted molar refractivity (Wildman–Crippen MR) is 142 cm³/mol. The van der Waals surface area contributed by atoms with E-state index in [1.165, 1.54) is 19.1 Å². The minimum Gasteiger partial charge on any atom is -0.481 e. The van der Waals surface area contributed by atoms with Gasteiger partial charge in [-0.05, 0) is 56.8 Å². The van der Waals surface area contributed by atoms with E-state index in [1.807, 2.05) is 13.8 Å². The minimum absolute atomic E-state index is 0.143. The molecule has 2 amide bonds. The molecule has 2 aromatic rings. The van der Waals surface area contributed by atoms with E-state index in [1.54, 1.807) is 12.1 Å². The van der Waals surface area contributed by atoms with Gasteiger partial charge in [-0.25, -0.2) is 4.39 Å². The molecule has 2 heterocycles. The summed E-state index contributed by atoms with van der Waals surface area (Å²) in [5.74, 6) is -3.78. The summed E-state index contributed by atoms with van der Waals surface area (Å²) in [6.07, 6.45) is 1.37. The highest BCUT2D eigenvalue weighted by Crippen LogP contribution is 2.34. The van der Waals surface area contributed by atoms with Gasteiger partial charge in [0.1, 0.15) is 5.82 Å². The number of carbonyl (C=O) groups is 4. The summed E-state index contributed by atoms with van der Waals surface area (Å²) in [6, 6.07) is 4.20. The molecule has 1 aliphatic rings. The molecule has 1 aliphatic heterocycles. The van der Waals surface area contributed by atoms with Crippen LogP contribution in [0.5, 0.6) is 0 Å². The van der Waals surface area contributed by atoms with Gasteiger partial charge < -0.3 is 30.7 Å². The van der Waals surface area contributed by atoms with Gasteiger partial charge in [0, 0.05) is 35.7 Å². The first-order valence-corrected chi connectivity index (χ1v) is 12.4. The van der Waals surface area contributed by atoms with E-state index in [0.29, 0.717) is 34.6 Å². The molecule has 38 heavy (non-hydrogen) atoms. The maximum Gasteiger partial charge on any atom is 0.306 e. The average Bonchev–Trinajstić information content (AvgIpc) is 3.31. The Bertz CT molecular complexity index is 1230. The highest BCUT2D eigenvalue weighted by Gasteiger charge is 2.26. The van der Waals surface area contributed by atoms with Crippen molar-refractivity contribution in [3.63, 3.8) is 0 Å². The van der Waals surface area contributed by atoms with Crippen molar-refractivity contribution in [1.29, 1.82) is 0 Å². The minimum atomic E-state index is -1.08. The second kappa shape index (κ2) is 13.5. The summed E-state index contributed by atoms with van der Waals surface area (Å²) in [5.41, 5.74) is 4.20. The quantitative estimate of drug-likeness (QED) is 0.295. The van der Waals surface area contributed by atoms with Crippen LogP contribution < -0.4 is 10.6 Å². The summed E-state index contributed by atoms with van der Waals surface area (Å²) in [7, 11) is 0. The number of benzene rings is 1. The summed E-state index contributed by atoms with van der Waals surface area (Å²) in [5, 5.41) is 21.9. The van der Waals surface area contributed by atoms with Gasteiger partial charge in [-0.2, -0.15) is 0 Å². The number of rotatable bonds is 10. The van der Waals surface area contributed by atoms with Crippen molar-refractivity contribution in [3.8, 4) is 0 Å². The topological polar surface area (TPSA) is 152 Å². The fraction of sp³-hybridized carbons (Fsp3) is 0.407. The lowest BCUT2D eigenvalue weighted by Gasteiger charge is -2.18. The van der Waals surface area contributed by atoms with Gasteiger partial charge >= 0.3 is 11.9 Å². The number of H-pyrrole nitrogens is 1. The summed E-state index contributed by atoms with van der Waals surface area (Å²) in [4.78, 5) is 50.3. The molecule has 1 atom stereocenters. The summed E-state index contributed by atoms with van der Waals surface area (Å²) >= 11 is 0. The maximum atomic E-state index is 13.7. The number of hydrogen-bond donors (Lipinski definition) is 5. The number of aromatic nitrogens is 1. The number of halogens is 1. The van der Waals surface area contributed by atoms with Crippen LogP contribution in [0.25, 0.3) is 11.6 Å². The highest BCUT2D eigenvalue weighted by atomic mass is 19.1. The van der Waals surface area contributed by atoms with Crippen LogP contribution in [0.4, 0.5) is 10.1 Å². The molecule has 5 N–H and O–H groups in total. The fourth-order valence-electron chi connectivity index (χ4n) is 4.01. The predicted octanol–water partition coefficient (Wildman–Crippen LogP) is 3.52. The van der Waals surface area contributed by atoms with Gasteiger partial charge in [-0.1, -0.05) is 20.8 Å². The molecule has 0 fully saturated rings. The zero-order valence-electron chi connectivity index (χ0n) is 22.3. The Kier molecular flexibility index (Phi) is 10.8. The fourth-order valence-corrected chi connectivity index (χ4v) is 4.01. The van der Waals surface area contributed by atoms with Gasteiger partial charge in [0.2, 0.25) is 0 Å². The first-order chi connectivity index (χ1) is 17.9. The van der Waals surface area contributed by atoms with Crippen LogP contribution in [-0.4, -0.2) is 70.0 Å². The number of aromatic amines is 1. The Morgan fingerprint density at radius 3 is 2.37 bits per heavy atom. The number of carboxylic acids is 2. The number of nitrogens with one attached hydrogen (secondary N) is 3. The molecular weight excluding hydrogens is 495 g/mol. The van der Waals surface area contributed by atoms with Crippen molar-refractivity contribution >= 4 is 41.1 Å².